The minimum atomic E-state index is -3.69. The molecule has 0 saturated heterocycles. The summed E-state index contributed by atoms with van der Waals surface area (Å²) < 4.78 is 42.8. The van der Waals surface area contributed by atoms with Gasteiger partial charge in [0, 0.05) is 18.3 Å². The maximum atomic E-state index is 13.4. The zero-order valence-electron chi connectivity index (χ0n) is 15.7. The predicted molar refractivity (Wildman–Crippen MR) is 111 cm³/mol. The average molecular weight is 506 g/mol. The first-order valence-corrected chi connectivity index (χ1v) is 11.4. The van der Waals surface area contributed by atoms with Crippen molar-refractivity contribution in [1.29, 1.82) is 0 Å². The topological polar surface area (TPSA) is 168 Å². The Morgan fingerprint density at radius 3 is 2.70 bits per heavy atom. The zero-order chi connectivity index (χ0) is 21.7. The van der Waals surface area contributed by atoms with Gasteiger partial charge in [0.15, 0.2) is 5.69 Å². The van der Waals surface area contributed by atoms with Gasteiger partial charge in [-0.2, -0.15) is 8.42 Å². The second-order valence-electron chi connectivity index (χ2n) is 6.92. The molecule has 0 aliphatic heterocycles. The number of halogens is 2. The number of nitrogens with two attached hydrogens (primary N) is 1. The molecule has 0 amide bonds. The Morgan fingerprint density at radius 2 is 2.07 bits per heavy atom. The Balaban J connectivity index is 1.60. The Morgan fingerprint density at radius 1 is 1.33 bits per heavy atom. The number of oxime groups is 1. The second-order valence-corrected chi connectivity index (χ2v) is 9.15. The van der Waals surface area contributed by atoms with Crippen LogP contribution in [0.4, 0.5) is 15.9 Å². The molecule has 1 aromatic carbocycles. The first-order valence-electron chi connectivity index (χ1n) is 9.06. The maximum absolute atomic E-state index is 13.4. The highest BCUT2D eigenvalue weighted by molar-refractivity contribution is 9.10. The van der Waals surface area contributed by atoms with E-state index in [-0.39, 0.29) is 28.0 Å². The lowest BCUT2D eigenvalue weighted by Gasteiger charge is -2.29. The Kier molecular flexibility index (Phi) is 7.23. The second kappa shape index (κ2) is 9.68. The fraction of sp³-hybridized carbons (Fsp3) is 0.438. The summed E-state index contributed by atoms with van der Waals surface area (Å²) in [5, 5.41) is 31.2. The molecule has 0 atom stereocenters. The van der Waals surface area contributed by atoms with E-state index in [1.807, 2.05) is 0 Å². The van der Waals surface area contributed by atoms with Gasteiger partial charge in [-0.3, -0.25) is 0 Å². The van der Waals surface area contributed by atoms with Crippen LogP contribution >= 0.6 is 15.9 Å². The smallest absolute Gasteiger partial charge is 0.274 e. The highest BCUT2D eigenvalue weighted by Gasteiger charge is 2.25. The van der Waals surface area contributed by atoms with Crippen LogP contribution in [-0.4, -0.2) is 42.4 Å². The molecule has 1 aliphatic rings. The zero-order valence-corrected chi connectivity index (χ0v) is 18.1. The quantitative estimate of drug-likeness (QED) is 0.164. The Bertz CT molecular complexity index is 1010. The van der Waals surface area contributed by atoms with Crippen molar-refractivity contribution >= 4 is 43.5 Å². The number of rotatable bonds is 7. The van der Waals surface area contributed by atoms with Crippen molar-refractivity contribution in [2.75, 3.05) is 17.2 Å². The van der Waals surface area contributed by atoms with E-state index in [0.717, 1.165) is 25.7 Å². The van der Waals surface area contributed by atoms with E-state index in [4.69, 9.17) is 9.77 Å². The molecule has 11 nitrogen and oxygen atoms in total. The van der Waals surface area contributed by atoms with E-state index in [1.54, 1.807) is 0 Å². The molecule has 1 fully saturated rings. The molecule has 0 spiro atoms. The van der Waals surface area contributed by atoms with Crippen LogP contribution in [0.5, 0.6) is 0 Å². The molecule has 0 unspecified atom stereocenters. The monoisotopic (exact) mass is 505 g/mol. The summed E-state index contributed by atoms with van der Waals surface area (Å²) in [5.74, 6) is 0.0404. The summed E-state index contributed by atoms with van der Waals surface area (Å²) in [6, 6.07) is 4.27. The number of amidine groups is 1. The van der Waals surface area contributed by atoms with Crippen LogP contribution in [0.2, 0.25) is 0 Å². The van der Waals surface area contributed by atoms with Gasteiger partial charge in [0.2, 0.25) is 11.7 Å². The average Bonchev–Trinajstić information content (AvgIpc) is 3.15. The predicted octanol–water partition coefficient (Wildman–Crippen LogP) is 1.98. The summed E-state index contributed by atoms with van der Waals surface area (Å²) in [6.45, 7) is 0.306. The van der Waals surface area contributed by atoms with Gasteiger partial charge >= 0.3 is 0 Å². The number of hydrogen-bond acceptors (Lipinski definition) is 8. The molecule has 1 heterocycles. The first kappa shape index (κ1) is 22.4. The third-order valence-corrected chi connectivity index (χ3v) is 5.93. The van der Waals surface area contributed by atoms with Crippen LogP contribution in [0.25, 0.3) is 0 Å². The molecule has 0 radical (unpaired) electrons. The van der Waals surface area contributed by atoms with Crippen molar-refractivity contribution < 1.29 is 22.6 Å². The standard InChI is InChI=1S/C16H21BrFN7O4S/c17-12-7-11(5-6-13(12)18)22-15(23-26)14-16(25-29-24-14)21-10-3-1-9(2-4-10)8-20-30(19,27)28/h5-7,9-10,20,26H,1-4,8H2,(H,21,25)(H,22,23)(H2,19,27,28)/t9-,10-. The van der Waals surface area contributed by atoms with Crippen molar-refractivity contribution in [3.8, 4) is 0 Å². The van der Waals surface area contributed by atoms with Crippen molar-refractivity contribution in [1.82, 2.24) is 15.0 Å². The van der Waals surface area contributed by atoms with Gasteiger partial charge in [-0.1, -0.05) is 5.16 Å². The summed E-state index contributed by atoms with van der Waals surface area (Å²) in [4.78, 5) is 0. The molecule has 14 heteroatoms. The van der Waals surface area contributed by atoms with Crippen LogP contribution in [-0.2, 0) is 10.2 Å². The number of nitrogens with zero attached hydrogens (tertiary/aromatic N) is 3. The third kappa shape index (κ3) is 6.10. The summed E-state index contributed by atoms with van der Waals surface area (Å²) in [5.41, 5.74) is 0.629. The molecule has 30 heavy (non-hydrogen) atoms. The number of aromatic nitrogens is 2. The van der Waals surface area contributed by atoms with E-state index in [9.17, 15) is 18.0 Å². The highest BCUT2D eigenvalue weighted by atomic mass is 79.9. The van der Waals surface area contributed by atoms with Gasteiger partial charge in [0.1, 0.15) is 5.82 Å². The SMILES string of the molecule is NS(=O)(=O)NC[C@H]1CC[C@H](Nc2nonc2/C(=N/O)Nc2ccc(F)c(Br)c2)CC1. The lowest BCUT2D eigenvalue weighted by Crippen LogP contribution is -2.37. The minimum absolute atomic E-state index is 0.0247. The maximum Gasteiger partial charge on any atom is 0.274 e. The molecule has 1 aromatic heterocycles. The summed E-state index contributed by atoms with van der Waals surface area (Å²) in [7, 11) is -3.69. The highest BCUT2D eigenvalue weighted by Crippen LogP contribution is 2.27. The van der Waals surface area contributed by atoms with E-state index in [1.165, 1.54) is 18.2 Å². The number of nitrogens with one attached hydrogen (secondary N) is 3. The van der Waals surface area contributed by atoms with Gasteiger partial charge in [0.25, 0.3) is 10.2 Å². The largest absolute Gasteiger partial charge is 0.409 e. The van der Waals surface area contributed by atoms with Crippen molar-refractivity contribution in [2.24, 2.45) is 16.2 Å². The van der Waals surface area contributed by atoms with Crippen LogP contribution in [0.3, 0.4) is 0 Å². The van der Waals surface area contributed by atoms with Gasteiger partial charge in [0.05, 0.1) is 4.47 Å². The molecule has 3 rings (SSSR count). The molecule has 2 aromatic rings. The lowest BCUT2D eigenvalue weighted by atomic mass is 9.86. The van der Waals surface area contributed by atoms with Crippen molar-refractivity contribution in [2.45, 2.75) is 31.7 Å². The van der Waals surface area contributed by atoms with E-state index < -0.39 is 16.0 Å². The molecular weight excluding hydrogens is 485 g/mol. The van der Waals surface area contributed by atoms with Crippen LogP contribution in [0, 0.1) is 11.7 Å². The number of hydrogen-bond donors (Lipinski definition) is 5. The van der Waals surface area contributed by atoms with Crippen LogP contribution in [0.15, 0.2) is 32.5 Å². The molecule has 164 valence electrons. The molecular formula is C16H21BrFN7O4S. The normalized spacial score (nSPS) is 20.2. The van der Waals surface area contributed by atoms with Gasteiger partial charge in [-0.15, -0.1) is 0 Å². The van der Waals surface area contributed by atoms with Gasteiger partial charge < -0.3 is 15.8 Å². The molecule has 6 N–H and O–H groups in total. The minimum Gasteiger partial charge on any atom is -0.409 e. The van der Waals surface area contributed by atoms with E-state index in [0.29, 0.717) is 18.1 Å². The van der Waals surface area contributed by atoms with Crippen LogP contribution in [0.1, 0.15) is 31.4 Å². The van der Waals surface area contributed by atoms with Gasteiger partial charge in [-0.25, -0.2) is 18.9 Å². The Hall–Kier alpha value is -2.29. The molecule has 0 bridgehead atoms. The fourth-order valence-corrected chi connectivity index (χ4v) is 4.07. The fourth-order valence-electron chi connectivity index (χ4n) is 3.22. The number of benzene rings is 1. The van der Waals surface area contributed by atoms with Crippen molar-refractivity contribution in [3.63, 3.8) is 0 Å². The van der Waals surface area contributed by atoms with E-state index >= 15 is 0 Å². The first-order chi connectivity index (χ1) is 14.2. The third-order valence-electron chi connectivity index (χ3n) is 4.76. The lowest BCUT2D eigenvalue weighted by molar-refractivity contribution is 0.303. The molecule has 1 saturated carbocycles. The molecule has 1 aliphatic carbocycles. The van der Waals surface area contributed by atoms with Gasteiger partial charge in [-0.05, 0) is 76.0 Å². The van der Waals surface area contributed by atoms with Crippen LogP contribution < -0.4 is 20.5 Å². The summed E-state index contributed by atoms with van der Waals surface area (Å²) >= 11 is 3.09. The van der Waals surface area contributed by atoms with E-state index in [2.05, 4.69) is 46.8 Å². The van der Waals surface area contributed by atoms with Crippen molar-refractivity contribution in [3.05, 3.63) is 34.2 Å². The number of anilines is 2. The Labute approximate surface area is 180 Å². The summed E-state index contributed by atoms with van der Waals surface area (Å²) in [6.07, 6.45) is 3.13.